The lowest BCUT2D eigenvalue weighted by Gasteiger charge is -2.21. The first kappa shape index (κ1) is 14.4. The number of hydrogen-bond donors (Lipinski definition) is 2. The molecule has 1 saturated carbocycles. The Morgan fingerprint density at radius 3 is 3.00 bits per heavy atom. The van der Waals surface area contributed by atoms with Gasteiger partial charge in [0.1, 0.15) is 0 Å². The summed E-state index contributed by atoms with van der Waals surface area (Å²) in [5.41, 5.74) is 6.76. The van der Waals surface area contributed by atoms with Crippen molar-refractivity contribution >= 4 is 17.5 Å². The van der Waals surface area contributed by atoms with E-state index in [0.717, 1.165) is 24.8 Å². The highest BCUT2D eigenvalue weighted by atomic mass is 35.5. The molecule has 0 heterocycles. The van der Waals surface area contributed by atoms with Crippen molar-refractivity contribution < 1.29 is 4.79 Å². The standard InChI is InChI=1S/C15H21ClN2O/c1-10(11-4-2-6-13(16)8-11)18-15(19)14-7-3-5-12(14)9-17/h2,4,6,8,10,12,14H,3,5,7,9,17H2,1H3,(H,18,19)/t10?,12-,14-/m1/s1. The summed E-state index contributed by atoms with van der Waals surface area (Å²) in [6.45, 7) is 2.58. The van der Waals surface area contributed by atoms with E-state index in [1.165, 1.54) is 0 Å². The summed E-state index contributed by atoms with van der Waals surface area (Å²) in [6.07, 6.45) is 3.13. The normalized spacial score (nSPS) is 24.2. The van der Waals surface area contributed by atoms with E-state index < -0.39 is 0 Å². The first-order valence-corrected chi connectivity index (χ1v) is 7.25. The van der Waals surface area contributed by atoms with Gasteiger partial charge in [0.15, 0.2) is 0 Å². The van der Waals surface area contributed by atoms with Crippen LogP contribution in [0.5, 0.6) is 0 Å². The van der Waals surface area contributed by atoms with E-state index in [9.17, 15) is 4.79 Å². The van der Waals surface area contributed by atoms with E-state index in [1.54, 1.807) is 0 Å². The van der Waals surface area contributed by atoms with Crippen LogP contribution in [0, 0.1) is 11.8 Å². The van der Waals surface area contributed by atoms with Crippen molar-refractivity contribution in [1.29, 1.82) is 0 Å². The van der Waals surface area contributed by atoms with Crippen LogP contribution in [0.2, 0.25) is 5.02 Å². The number of carbonyl (C=O) groups excluding carboxylic acids is 1. The molecule has 0 bridgehead atoms. The monoisotopic (exact) mass is 280 g/mol. The van der Waals surface area contributed by atoms with Crippen molar-refractivity contribution in [3.8, 4) is 0 Å². The molecule has 0 aromatic heterocycles. The zero-order chi connectivity index (χ0) is 13.8. The highest BCUT2D eigenvalue weighted by molar-refractivity contribution is 6.30. The van der Waals surface area contributed by atoms with Crippen LogP contribution in [0.3, 0.4) is 0 Å². The molecule has 1 unspecified atom stereocenters. The summed E-state index contributed by atoms with van der Waals surface area (Å²) in [6, 6.07) is 7.58. The predicted molar refractivity (Wildman–Crippen MR) is 77.9 cm³/mol. The maximum absolute atomic E-state index is 12.3. The molecule has 1 fully saturated rings. The van der Waals surface area contributed by atoms with Gasteiger partial charge in [-0.15, -0.1) is 0 Å². The third kappa shape index (κ3) is 3.48. The highest BCUT2D eigenvalue weighted by Crippen LogP contribution is 2.31. The van der Waals surface area contributed by atoms with Gasteiger partial charge in [-0.2, -0.15) is 0 Å². The Bertz CT molecular complexity index is 450. The van der Waals surface area contributed by atoms with Crippen molar-refractivity contribution in [2.75, 3.05) is 6.54 Å². The lowest BCUT2D eigenvalue weighted by atomic mass is 9.94. The van der Waals surface area contributed by atoms with Gasteiger partial charge in [0.05, 0.1) is 6.04 Å². The molecule has 1 aliphatic carbocycles. The summed E-state index contributed by atoms with van der Waals surface area (Å²) < 4.78 is 0. The molecule has 4 heteroatoms. The van der Waals surface area contributed by atoms with E-state index in [-0.39, 0.29) is 17.9 Å². The minimum absolute atomic E-state index is 0.0229. The summed E-state index contributed by atoms with van der Waals surface area (Å²) in [7, 11) is 0. The van der Waals surface area contributed by atoms with Crippen LogP contribution in [-0.4, -0.2) is 12.5 Å². The fourth-order valence-corrected chi connectivity index (χ4v) is 3.04. The van der Waals surface area contributed by atoms with Gasteiger partial charge >= 0.3 is 0 Å². The summed E-state index contributed by atoms with van der Waals surface area (Å²) >= 11 is 5.97. The molecule has 1 aromatic rings. The smallest absolute Gasteiger partial charge is 0.223 e. The van der Waals surface area contributed by atoms with Gasteiger partial charge < -0.3 is 11.1 Å². The number of benzene rings is 1. The van der Waals surface area contributed by atoms with Crippen LogP contribution in [0.25, 0.3) is 0 Å². The molecule has 1 aliphatic rings. The molecule has 3 nitrogen and oxygen atoms in total. The van der Waals surface area contributed by atoms with Crippen molar-refractivity contribution in [2.24, 2.45) is 17.6 Å². The minimum atomic E-state index is -0.0229. The molecular formula is C15H21ClN2O. The first-order valence-electron chi connectivity index (χ1n) is 6.87. The van der Waals surface area contributed by atoms with Crippen LogP contribution in [0.1, 0.15) is 37.8 Å². The topological polar surface area (TPSA) is 55.1 Å². The Labute approximate surface area is 119 Å². The number of amides is 1. The Balaban J connectivity index is 1.98. The molecule has 19 heavy (non-hydrogen) atoms. The second-order valence-electron chi connectivity index (χ2n) is 5.32. The molecule has 2 rings (SSSR count). The molecule has 1 aromatic carbocycles. The van der Waals surface area contributed by atoms with Crippen LogP contribution >= 0.6 is 11.6 Å². The maximum Gasteiger partial charge on any atom is 0.223 e. The van der Waals surface area contributed by atoms with Crippen molar-refractivity contribution in [1.82, 2.24) is 5.32 Å². The number of rotatable bonds is 4. The van der Waals surface area contributed by atoms with E-state index in [0.29, 0.717) is 17.5 Å². The van der Waals surface area contributed by atoms with E-state index in [2.05, 4.69) is 5.32 Å². The van der Waals surface area contributed by atoms with E-state index >= 15 is 0 Å². The molecule has 3 N–H and O–H groups in total. The van der Waals surface area contributed by atoms with Gasteiger partial charge in [0.2, 0.25) is 5.91 Å². The zero-order valence-electron chi connectivity index (χ0n) is 11.2. The predicted octanol–water partition coefficient (Wildman–Crippen LogP) is 2.89. The molecule has 0 radical (unpaired) electrons. The molecule has 3 atom stereocenters. The van der Waals surface area contributed by atoms with Crippen molar-refractivity contribution in [3.05, 3.63) is 34.9 Å². The molecule has 0 spiro atoms. The summed E-state index contributed by atoms with van der Waals surface area (Å²) in [4.78, 5) is 12.3. The largest absolute Gasteiger partial charge is 0.349 e. The van der Waals surface area contributed by atoms with Crippen LogP contribution in [0.4, 0.5) is 0 Å². The van der Waals surface area contributed by atoms with Gasteiger partial charge in [-0.1, -0.05) is 30.2 Å². The lowest BCUT2D eigenvalue weighted by Crippen LogP contribution is -2.36. The van der Waals surface area contributed by atoms with Crippen molar-refractivity contribution in [3.63, 3.8) is 0 Å². The number of hydrogen-bond acceptors (Lipinski definition) is 2. The van der Waals surface area contributed by atoms with Gasteiger partial charge in [-0.25, -0.2) is 0 Å². The fraction of sp³-hybridized carbons (Fsp3) is 0.533. The minimum Gasteiger partial charge on any atom is -0.349 e. The molecular weight excluding hydrogens is 260 g/mol. The first-order chi connectivity index (χ1) is 9.11. The number of halogens is 1. The number of nitrogens with two attached hydrogens (primary N) is 1. The van der Waals surface area contributed by atoms with Gasteiger partial charge in [0.25, 0.3) is 0 Å². The van der Waals surface area contributed by atoms with Crippen LogP contribution in [0.15, 0.2) is 24.3 Å². The fourth-order valence-electron chi connectivity index (χ4n) is 2.84. The SMILES string of the molecule is CC(NC(=O)[C@@H]1CCC[C@@H]1CN)c1cccc(Cl)c1. The molecule has 1 amide bonds. The quantitative estimate of drug-likeness (QED) is 0.891. The molecule has 104 valence electrons. The zero-order valence-corrected chi connectivity index (χ0v) is 12.0. The van der Waals surface area contributed by atoms with Gasteiger partial charge in [0, 0.05) is 10.9 Å². The molecule has 0 saturated heterocycles. The van der Waals surface area contributed by atoms with Gasteiger partial charge in [-0.3, -0.25) is 4.79 Å². The Hall–Kier alpha value is -1.06. The Morgan fingerprint density at radius 2 is 2.32 bits per heavy atom. The third-order valence-electron chi connectivity index (χ3n) is 4.01. The Morgan fingerprint density at radius 1 is 1.53 bits per heavy atom. The number of carbonyl (C=O) groups is 1. The van der Waals surface area contributed by atoms with Crippen molar-refractivity contribution in [2.45, 2.75) is 32.2 Å². The number of nitrogens with one attached hydrogen (secondary N) is 1. The lowest BCUT2D eigenvalue weighted by molar-refractivity contribution is -0.126. The average Bonchev–Trinajstić information content (AvgIpc) is 2.87. The van der Waals surface area contributed by atoms with E-state index in [1.807, 2.05) is 31.2 Å². The third-order valence-corrected chi connectivity index (χ3v) is 4.24. The van der Waals surface area contributed by atoms with Crippen LogP contribution < -0.4 is 11.1 Å². The molecule has 0 aliphatic heterocycles. The summed E-state index contributed by atoms with van der Waals surface area (Å²) in [5.74, 6) is 0.540. The van der Waals surface area contributed by atoms with E-state index in [4.69, 9.17) is 17.3 Å². The second kappa shape index (κ2) is 6.40. The average molecular weight is 281 g/mol. The summed E-state index contributed by atoms with van der Waals surface area (Å²) in [5, 5.41) is 3.77. The Kier molecular flexibility index (Phi) is 4.83. The van der Waals surface area contributed by atoms with Crippen LogP contribution in [-0.2, 0) is 4.79 Å². The van der Waals surface area contributed by atoms with Gasteiger partial charge in [-0.05, 0) is 49.9 Å². The maximum atomic E-state index is 12.3. The second-order valence-corrected chi connectivity index (χ2v) is 5.75. The highest BCUT2D eigenvalue weighted by Gasteiger charge is 2.32.